The molecule has 1 heterocycles. The van der Waals surface area contributed by atoms with Crippen molar-refractivity contribution in [2.24, 2.45) is 9.98 Å². The van der Waals surface area contributed by atoms with Crippen molar-refractivity contribution in [2.75, 3.05) is 26.3 Å². The van der Waals surface area contributed by atoms with Crippen LogP contribution in [-0.2, 0) is 23.7 Å². The maximum atomic E-state index is 11.6. The lowest BCUT2D eigenvalue weighted by Crippen LogP contribution is -2.61. The maximum Gasteiger partial charge on any atom is 0.303 e. The van der Waals surface area contributed by atoms with Crippen LogP contribution in [0, 0.1) is 0 Å². The van der Waals surface area contributed by atoms with E-state index in [-0.39, 0.29) is 13.1 Å². The summed E-state index contributed by atoms with van der Waals surface area (Å²) < 4.78 is 22.1. The molecule has 0 saturated carbocycles. The molecule has 40 heavy (non-hydrogen) atoms. The van der Waals surface area contributed by atoms with Gasteiger partial charge >= 0.3 is 5.97 Å². The van der Waals surface area contributed by atoms with Gasteiger partial charge in [0.05, 0.1) is 26.3 Å². The van der Waals surface area contributed by atoms with Crippen LogP contribution in [0.15, 0.2) is 70.6 Å². The zero-order valence-electron chi connectivity index (χ0n) is 22.0. The van der Waals surface area contributed by atoms with E-state index in [0.717, 1.165) is 18.1 Å². The molecule has 1 saturated heterocycles. The van der Waals surface area contributed by atoms with Gasteiger partial charge in [-0.1, -0.05) is 60.7 Å². The number of hydrogen-bond acceptors (Lipinski definition) is 12. The Morgan fingerprint density at radius 1 is 0.925 bits per heavy atom. The highest BCUT2D eigenvalue weighted by atomic mass is 16.7. The predicted octanol–water partition coefficient (Wildman–Crippen LogP) is -0.324. The summed E-state index contributed by atoms with van der Waals surface area (Å²) in [4.78, 5) is 20.1. The highest BCUT2D eigenvalue weighted by molar-refractivity contribution is 5.79. The third kappa shape index (κ3) is 9.54. The summed E-state index contributed by atoms with van der Waals surface area (Å²) in [6.07, 6.45) is -7.89. The molecule has 0 spiro atoms. The fraction of sp³-hybridized carbons (Fsp3) is 0.464. The minimum atomic E-state index is -1.65. The van der Waals surface area contributed by atoms with E-state index in [2.05, 4.69) is 9.98 Å². The van der Waals surface area contributed by atoms with E-state index in [1.807, 2.05) is 60.7 Å². The Bertz CT molecular complexity index is 1070. The number of rotatable bonds is 14. The van der Waals surface area contributed by atoms with Crippen molar-refractivity contribution in [3.63, 3.8) is 0 Å². The lowest BCUT2D eigenvalue weighted by molar-refractivity contribution is -0.322. The molecule has 1 aliphatic rings. The van der Waals surface area contributed by atoms with Crippen molar-refractivity contribution in [2.45, 2.75) is 56.1 Å². The van der Waals surface area contributed by atoms with Crippen molar-refractivity contribution < 1.29 is 49.3 Å². The maximum absolute atomic E-state index is 11.6. The minimum Gasteiger partial charge on any atom is -0.457 e. The first kappa shape index (κ1) is 31.5. The van der Waals surface area contributed by atoms with Gasteiger partial charge in [0.2, 0.25) is 0 Å². The quantitative estimate of drug-likeness (QED) is 0.117. The van der Waals surface area contributed by atoms with Gasteiger partial charge in [-0.15, -0.1) is 0 Å². The van der Waals surface area contributed by atoms with Gasteiger partial charge in [-0.25, -0.2) is 0 Å². The van der Waals surface area contributed by atoms with E-state index >= 15 is 0 Å². The molecule has 0 radical (unpaired) electrons. The summed E-state index contributed by atoms with van der Waals surface area (Å²) in [6.45, 7) is -0.386. The normalized spacial score (nSPS) is 25.6. The molecule has 2 aromatic rings. The predicted molar refractivity (Wildman–Crippen MR) is 144 cm³/mol. The van der Waals surface area contributed by atoms with Crippen molar-refractivity contribution in [1.29, 1.82) is 0 Å². The number of aliphatic imine (C=N–C) groups is 2. The Hall–Kier alpha value is -3.07. The van der Waals surface area contributed by atoms with Crippen LogP contribution in [0.1, 0.15) is 18.1 Å². The molecule has 12 nitrogen and oxygen atoms in total. The first-order valence-electron chi connectivity index (χ1n) is 12.8. The number of nitrogens with zero attached hydrogens (tertiary/aromatic N) is 2. The Morgan fingerprint density at radius 2 is 1.50 bits per heavy atom. The summed E-state index contributed by atoms with van der Waals surface area (Å²) in [5.41, 5.74) is 1.63. The van der Waals surface area contributed by atoms with E-state index in [1.165, 1.54) is 0 Å². The van der Waals surface area contributed by atoms with E-state index in [4.69, 9.17) is 18.9 Å². The molecule has 0 aromatic heterocycles. The zero-order chi connectivity index (χ0) is 28.9. The SMILES string of the molecule is CC(=O)O[C@H]1[C@@H](O)[C@@H](CO)O[C@@H](O[C@H](CN=Cc2ccccc2)[C@H](CO)O[C@H](O)CN=Cc2ccccc2)[C@@H]1O. The number of aliphatic hydroxyl groups is 5. The van der Waals surface area contributed by atoms with Crippen LogP contribution in [0.3, 0.4) is 0 Å². The smallest absolute Gasteiger partial charge is 0.303 e. The monoisotopic (exact) mass is 560 g/mol. The minimum absolute atomic E-state index is 0.0999. The number of aliphatic hydroxyl groups excluding tert-OH is 5. The topological polar surface area (TPSA) is 180 Å². The standard InChI is InChI=1S/C28H36N2O10/c1-18(33)37-27-25(35)23(17-32)40-28(26(27)36)39-21(14-29-12-19-8-4-2-5-9-19)22(16-31)38-24(34)15-30-13-20-10-6-3-7-11-20/h2-13,21-28,31-32,34-36H,14-17H2,1H3/t21-,22+,23-,24+,25+,26-,27+,28-/m1/s1. The number of carbonyl (C=O) groups is 1. The number of benzene rings is 2. The number of hydrogen-bond donors (Lipinski definition) is 5. The fourth-order valence-corrected chi connectivity index (χ4v) is 4.00. The largest absolute Gasteiger partial charge is 0.457 e. The van der Waals surface area contributed by atoms with E-state index in [9.17, 15) is 30.3 Å². The third-order valence-electron chi connectivity index (χ3n) is 5.99. The highest BCUT2D eigenvalue weighted by Crippen LogP contribution is 2.26. The summed E-state index contributed by atoms with van der Waals surface area (Å²) >= 11 is 0. The molecular formula is C28H36N2O10. The van der Waals surface area contributed by atoms with Gasteiger partial charge in [0.25, 0.3) is 0 Å². The fourth-order valence-electron chi connectivity index (χ4n) is 4.00. The molecule has 12 heteroatoms. The van der Waals surface area contributed by atoms with Gasteiger partial charge in [-0.2, -0.15) is 0 Å². The van der Waals surface area contributed by atoms with Crippen LogP contribution >= 0.6 is 0 Å². The van der Waals surface area contributed by atoms with E-state index < -0.39 is 68.4 Å². The van der Waals surface area contributed by atoms with Gasteiger partial charge in [-0.3, -0.25) is 14.8 Å². The molecule has 3 rings (SSSR count). The van der Waals surface area contributed by atoms with Crippen molar-refractivity contribution in [3.05, 3.63) is 71.8 Å². The zero-order valence-corrected chi connectivity index (χ0v) is 22.0. The second-order valence-electron chi connectivity index (χ2n) is 9.08. The molecule has 2 aromatic carbocycles. The van der Waals surface area contributed by atoms with E-state index in [0.29, 0.717) is 0 Å². The van der Waals surface area contributed by atoms with Crippen LogP contribution in [0.4, 0.5) is 0 Å². The number of carbonyl (C=O) groups excluding carboxylic acids is 1. The third-order valence-corrected chi connectivity index (χ3v) is 5.99. The molecule has 8 atom stereocenters. The molecule has 0 aliphatic carbocycles. The number of ether oxygens (including phenoxy) is 4. The average Bonchev–Trinajstić information content (AvgIpc) is 2.95. The molecule has 0 amide bonds. The molecule has 0 bridgehead atoms. The first-order chi connectivity index (χ1) is 19.3. The summed E-state index contributed by atoms with van der Waals surface area (Å²) in [7, 11) is 0. The second kappa shape index (κ2) is 16.3. The Kier molecular flexibility index (Phi) is 12.8. The van der Waals surface area contributed by atoms with Crippen LogP contribution in [0.25, 0.3) is 0 Å². The van der Waals surface area contributed by atoms with E-state index in [1.54, 1.807) is 12.4 Å². The van der Waals surface area contributed by atoms with Gasteiger partial charge in [-0.05, 0) is 11.1 Å². The summed E-state index contributed by atoms with van der Waals surface area (Å²) in [5.74, 6) is -0.764. The highest BCUT2D eigenvalue weighted by Gasteiger charge is 2.48. The Morgan fingerprint density at radius 3 is 2.02 bits per heavy atom. The molecule has 218 valence electrons. The molecule has 1 aliphatic heterocycles. The molecule has 0 unspecified atom stereocenters. The number of esters is 1. The lowest BCUT2D eigenvalue weighted by atomic mass is 9.99. The van der Waals surface area contributed by atoms with Gasteiger partial charge in [0.15, 0.2) is 18.7 Å². The van der Waals surface area contributed by atoms with Crippen LogP contribution in [0.5, 0.6) is 0 Å². The average molecular weight is 561 g/mol. The van der Waals surface area contributed by atoms with Crippen LogP contribution in [0.2, 0.25) is 0 Å². The molecular weight excluding hydrogens is 524 g/mol. The van der Waals surface area contributed by atoms with Crippen molar-refractivity contribution in [3.8, 4) is 0 Å². The van der Waals surface area contributed by atoms with Crippen molar-refractivity contribution >= 4 is 18.4 Å². The van der Waals surface area contributed by atoms with Crippen LogP contribution < -0.4 is 0 Å². The molecule has 1 fully saturated rings. The first-order valence-corrected chi connectivity index (χ1v) is 12.8. The van der Waals surface area contributed by atoms with Gasteiger partial charge in [0, 0.05) is 19.4 Å². The molecule has 5 N–H and O–H groups in total. The van der Waals surface area contributed by atoms with Gasteiger partial charge < -0.3 is 44.5 Å². The summed E-state index contributed by atoms with van der Waals surface area (Å²) in [5, 5.41) is 51.4. The van der Waals surface area contributed by atoms with Crippen LogP contribution in [-0.4, -0.2) is 119 Å². The Labute approximate surface area is 232 Å². The Balaban J connectivity index is 1.75. The second-order valence-corrected chi connectivity index (χ2v) is 9.08. The van der Waals surface area contributed by atoms with Gasteiger partial charge in [0.1, 0.15) is 30.5 Å². The summed E-state index contributed by atoms with van der Waals surface area (Å²) in [6, 6.07) is 18.4. The lowest BCUT2D eigenvalue weighted by Gasteiger charge is -2.42. The van der Waals surface area contributed by atoms with Crippen molar-refractivity contribution in [1.82, 2.24) is 0 Å².